The minimum atomic E-state index is -0.619. The number of carbonyl (C=O) groups is 1. The fourth-order valence-corrected chi connectivity index (χ4v) is 4.03. The van der Waals surface area contributed by atoms with Crippen LogP contribution < -0.4 is 5.32 Å². The Morgan fingerprint density at radius 3 is 2.49 bits per heavy atom. The second-order valence-electron chi connectivity index (χ2n) is 7.98. The molecule has 0 radical (unpaired) electrons. The predicted octanol–water partition coefficient (Wildman–Crippen LogP) is 4.76. The van der Waals surface area contributed by atoms with Gasteiger partial charge in [-0.25, -0.2) is 4.39 Å². The third-order valence-corrected chi connectivity index (χ3v) is 5.64. The molecule has 4 N–H and O–H groups in total. The summed E-state index contributed by atoms with van der Waals surface area (Å²) in [6, 6.07) is 18.5. The van der Waals surface area contributed by atoms with Crippen LogP contribution in [0.5, 0.6) is 17.2 Å². The van der Waals surface area contributed by atoms with Crippen molar-refractivity contribution in [2.45, 2.75) is 6.54 Å². The molecule has 0 atom stereocenters. The van der Waals surface area contributed by atoms with E-state index in [0.29, 0.717) is 16.9 Å². The van der Waals surface area contributed by atoms with E-state index < -0.39 is 23.2 Å². The van der Waals surface area contributed by atoms with E-state index in [0.717, 1.165) is 21.8 Å². The fourth-order valence-electron chi connectivity index (χ4n) is 4.03. The van der Waals surface area contributed by atoms with E-state index >= 15 is 0 Å². The maximum Gasteiger partial charge on any atom is 0.244 e. The van der Waals surface area contributed by atoms with Crippen LogP contribution in [-0.4, -0.2) is 30.8 Å². The predicted molar refractivity (Wildman–Crippen MR) is 131 cm³/mol. The Bertz CT molecular complexity index is 1600. The molecule has 2 heterocycles. The van der Waals surface area contributed by atoms with Gasteiger partial charge in [-0.05, 0) is 54.1 Å². The number of phenolic OH excluding ortho intramolecular Hbond substituents is 3. The normalized spacial score (nSPS) is 11.5. The Morgan fingerprint density at radius 2 is 1.71 bits per heavy atom. The summed E-state index contributed by atoms with van der Waals surface area (Å²) in [7, 11) is 0. The third-order valence-electron chi connectivity index (χ3n) is 5.64. The van der Waals surface area contributed by atoms with Crippen molar-refractivity contribution < 1.29 is 24.5 Å². The lowest BCUT2D eigenvalue weighted by Crippen LogP contribution is -2.20. The van der Waals surface area contributed by atoms with Gasteiger partial charge >= 0.3 is 0 Å². The van der Waals surface area contributed by atoms with E-state index in [-0.39, 0.29) is 12.4 Å². The van der Waals surface area contributed by atoms with Crippen molar-refractivity contribution in [1.29, 1.82) is 0 Å². The second-order valence-corrected chi connectivity index (χ2v) is 7.98. The molecule has 2 aromatic heterocycles. The Labute approximate surface area is 199 Å². The molecule has 5 aromatic rings. The average molecular weight is 469 g/mol. The van der Waals surface area contributed by atoms with Gasteiger partial charge in [-0.15, -0.1) is 0 Å². The number of hydrogen-bond acceptors (Lipinski definition) is 5. The number of fused-ring (bicyclic) bond motifs is 3. The minimum absolute atomic E-state index is 0.171. The van der Waals surface area contributed by atoms with E-state index in [9.17, 15) is 24.5 Å². The zero-order valence-corrected chi connectivity index (χ0v) is 18.3. The van der Waals surface area contributed by atoms with E-state index in [1.54, 1.807) is 12.3 Å². The van der Waals surface area contributed by atoms with Gasteiger partial charge in [0.1, 0.15) is 5.82 Å². The van der Waals surface area contributed by atoms with E-state index in [4.69, 9.17) is 0 Å². The first-order valence-electron chi connectivity index (χ1n) is 10.8. The number of pyridine rings is 1. The summed E-state index contributed by atoms with van der Waals surface area (Å²) in [4.78, 5) is 16.8. The lowest BCUT2D eigenvalue weighted by molar-refractivity contribution is -0.116. The van der Waals surface area contributed by atoms with Crippen molar-refractivity contribution in [2.75, 3.05) is 0 Å². The lowest BCUT2D eigenvalue weighted by atomic mass is 10.1. The Morgan fingerprint density at radius 1 is 0.943 bits per heavy atom. The van der Waals surface area contributed by atoms with E-state index in [1.165, 1.54) is 36.4 Å². The Kier molecular flexibility index (Phi) is 5.54. The van der Waals surface area contributed by atoms with Gasteiger partial charge < -0.3 is 25.2 Å². The topological polar surface area (TPSA) is 108 Å². The van der Waals surface area contributed by atoms with Crippen molar-refractivity contribution in [3.8, 4) is 22.9 Å². The molecule has 5 rings (SSSR count). The minimum Gasteiger partial charge on any atom is -0.504 e. The Hall–Kier alpha value is -4.85. The summed E-state index contributed by atoms with van der Waals surface area (Å²) in [5.41, 5.74) is 3.41. The number of benzene rings is 3. The van der Waals surface area contributed by atoms with E-state index in [1.807, 2.05) is 41.0 Å². The summed E-state index contributed by atoms with van der Waals surface area (Å²) < 4.78 is 15.9. The van der Waals surface area contributed by atoms with Gasteiger partial charge in [0.15, 0.2) is 17.2 Å². The van der Waals surface area contributed by atoms with Crippen LogP contribution in [0.25, 0.3) is 33.6 Å². The van der Waals surface area contributed by atoms with Crippen LogP contribution in [0, 0.1) is 5.82 Å². The number of para-hydroxylation sites is 1. The highest BCUT2D eigenvalue weighted by atomic mass is 19.1. The highest BCUT2D eigenvalue weighted by molar-refractivity contribution is 6.09. The number of nitrogens with one attached hydrogen (secondary N) is 1. The van der Waals surface area contributed by atoms with Crippen LogP contribution in [0.2, 0.25) is 0 Å². The molecular formula is C27H20FN3O4. The van der Waals surface area contributed by atoms with Crippen LogP contribution in [0.3, 0.4) is 0 Å². The molecule has 0 fully saturated rings. The maximum atomic E-state index is 13.9. The van der Waals surface area contributed by atoms with Gasteiger partial charge in [-0.3, -0.25) is 9.78 Å². The fraction of sp³-hybridized carbons (Fsp3) is 0.0370. The van der Waals surface area contributed by atoms with Gasteiger partial charge in [-0.2, -0.15) is 0 Å². The molecule has 0 saturated heterocycles. The molecule has 0 spiro atoms. The first-order valence-corrected chi connectivity index (χ1v) is 10.8. The number of aromatic nitrogens is 2. The molecule has 7 nitrogen and oxygen atoms in total. The molecule has 0 bridgehead atoms. The van der Waals surface area contributed by atoms with Crippen molar-refractivity contribution in [3.05, 3.63) is 96.1 Å². The largest absolute Gasteiger partial charge is 0.504 e. The van der Waals surface area contributed by atoms with Gasteiger partial charge in [0.25, 0.3) is 0 Å². The van der Waals surface area contributed by atoms with Gasteiger partial charge in [0.2, 0.25) is 5.91 Å². The Balaban J connectivity index is 1.40. The SMILES string of the molecule is O=C(/C=C/c1cc(O)c(O)c(O)c1)NCc1cc2c3ccccc3n(-c3cccc(F)c3)c2cn1. The van der Waals surface area contributed by atoms with Crippen molar-refractivity contribution in [1.82, 2.24) is 14.9 Å². The zero-order valence-electron chi connectivity index (χ0n) is 18.3. The number of hydrogen-bond donors (Lipinski definition) is 4. The summed E-state index contributed by atoms with van der Waals surface area (Å²) >= 11 is 0. The second kappa shape index (κ2) is 8.83. The summed E-state index contributed by atoms with van der Waals surface area (Å²) in [6.07, 6.45) is 4.36. The lowest BCUT2D eigenvalue weighted by Gasteiger charge is -2.08. The van der Waals surface area contributed by atoms with Crippen molar-refractivity contribution in [2.24, 2.45) is 0 Å². The highest BCUT2D eigenvalue weighted by Gasteiger charge is 2.14. The molecule has 174 valence electrons. The van der Waals surface area contributed by atoms with Crippen LogP contribution in [0.1, 0.15) is 11.3 Å². The highest BCUT2D eigenvalue weighted by Crippen LogP contribution is 2.35. The number of carbonyl (C=O) groups excluding carboxylic acids is 1. The average Bonchev–Trinajstić information content (AvgIpc) is 3.18. The number of rotatable bonds is 5. The molecule has 35 heavy (non-hydrogen) atoms. The van der Waals surface area contributed by atoms with E-state index in [2.05, 4.69) is 10.3 Å². The molecule has 0 saturated carbocycles. The van der Waals surface area contributed by atoms with Crippen LogP contribution >= 0.6 is 0 Å². The molecule has 0 unspecified atom stereocenters. The number of phenols is 3. The molecule has 8 heteroatoms. The van der Waals surface area contributed by atoms with Gasteiger partial charge in [-0.1, -0.05) is 24.3 Å². The maximum absolute atomic E-state index is 13.9. The summed E-state index contributed by atoms with van der Waals surface area (Å²) in [5.74, 6) is -2.32. The number of amides is 1. The first-order chi connectivity index (χ1) is 16.9. The molecule has 0 aliphatic rings. The van der Waals surface area contributed by atoms with Gasteiger partial charge in [0, 0.05) is 22.5 Å². The third kappa shape index (κ3) is 4.24. The molecule has 3 aromatic carbocycles. The molecule has 1 amide bonds. The van der Waals surface area contributed by atoms with Crippen molar-refractivity contribution in [3.63, 3.8) is 0 Å². The van der Waals surface area contributed by atoms with Crippen LogP contribution in [-0.2, 0) is 11.3 Å². The number of nitrogens with zero attached hydrogens (tertiary/aromatic N) is 2. The monoisotopic (exact) mass is 469 g/mol. The quantitative estimate of drug-likeness (QED) is 0.219. The van der Waals surface area contributed by atoms with Crippen LogP contribution in [0.15, 0.2) is 79.0 Å². The smallest absolute Gasteiger partial charge is 0.244 e. The zero-order chi connectivity index (χ0) is 24.5. The molecule has 0 aliphatic heterocycles. The number of aromatic hydroxyl groups is 3. The summed E-state index contributed by atoms with van der Waals surface area (Å²) in [6.45, 7) is 0.171. The molecular weight excluding hydrogens is 449 g/mol. The first kappa shape index (κ1) is 22.0. The summed E-state index contributed by atoms with van der Waals surface area (Å²) in [5, 5.41) is 33.2. The van der Waals surface area contributed by atoms with Crippen LogP contribution in [0.4, 0.5) is 4.39 Å². The van der Waals surface area contributed by atoms with Crippen molar-refractivity contribution >= 4 is 33.8 Å². The standard InChI is InChI=1S/C27H20FN3O4/c28-17-4-3-5-19(12-17)31-22-7-2-1-6-20(22)21-13-18(29-15-23(21)31)14-30-26(34)9-8-16-10-24(32)27(35)25(33)11-16/h1-13,15,32-33,35H,14H2,(H,30,34)/b9-8+. The molecule has 0 aliphatic carbocycles. The number of halogens is 1. The van der Waals surface area contributed by atoms with Gasteiger partial charge in [0.05, 0.1) is 29.5 Å².